The first-order chi connectivity index (χ1) is 14.5. The molecule has 1 N–H and O–H groups in total. The van der Waals surface area contributed by atoms with Gasteiger partial charge in [-0.2, -0.15) is 0 Å². The average molecular weight is 423 g/mol. The van der Waals surface area contributed by atoms with Crippen LogP contribution in [-0.4, -0.2) is 15.8 Å². The number of non-ortho nitro benzene ring substituents is 1. The molecule has 2 aromatic carbocycles. The molecule has 150 valence electrons. The van der Waals surface area contributed by atoms with Crippen LogP contribution in [0.25, 0.3) is 11.3 Å². The molecule has 0 fully saturated rings. The van der Waals surface area contributed by atoms with Gasteiger partial charge in [-0.1, -0.05) is 12.1 Å². The molecule has 30 heavy (non-hydrogen) atoms. The first-order valence-corrected chi connectivity index (χ1v) is 9.65. The monoisotopic (exact) mass is 423 g/mol. The lowest BCUT2D eigenvalue weighted by molar-refractivity contribution is -0.384. The molecule has 0 saturated heterocycles. The third kappa shape index (κ3) is 4.41. The van der Waals surface area contributed by atoms with Crippen molar-refractivity contribution in [1.82, 2.24) is 4.98 Å². The molecule has 0 aliphatic heterocycles. The molecular formula is C21H14FN3O4S. The van der Waals surface area contributed by atoms with E-state index in [9.17, 15) is 19.3 Å². The van der Waals surface area contributed by atoms with Gasteiger partial charge in [0.2, 0.25) is 0 Å². The van der Waals surface area contributed by atoms with Gasteiger partial charge in [-0.15, -0.1) is 11.3 Å². The maximum Gasteiger partial charge on any atom is 0.293 e. The molecule has 4 aromatic rings. The molecule has 0 spiro atoms. The molecule has 0 saturated carbocycles. The highest BCUT2D eigenvalue weighted by Gasteiger charge is 2.15. The second-order valence-electron chi connectivity index (χ2n) is 6.36. The first kappa shape index (κ1) is 19.5. The van der Waals surface area contributed by atoms with E-state index in [2.05, 4.69) is 10.3 Å². The number of amides is 1. The topological polar surface area (TPSA) is 98.3 Å². The smallest absolute Gasteiger partial charge is 0.293 e. The van der Waals surface area contributed by atoms with E-state index >= 15 is 0 Å². The van der Waals surface area contributed by atoms with Gasteiger partial charge >= 0.3 is 0 Å². The van der Waals surface area contributed by atoms with Crippen LogP contribution < -0.4 is 5.32 Å². The lowest BCUT2D eigenvalue weighted by Gasteiger charge is -1.99. The zero-order valence-electron chi connectivity index (χ0n) is 15.4. The van der Waals surface area contributed by atoms with E-state index in [4.69, 9.17) is 4.42 Å². The number of nitrogens with zero attached hydrogens (tertiary/aromatic N) is 2. The summed E-state index contributed by atoms with van der Waals surface area (Å²) < 4.78 is 18.6. The van der Waals surface area contributed by atoms with Gasteiger partial charge in [0.1, 0.15) is 11.6 Å². The van der Waals surface area contributed by atoms with Gasteiger partial charge < -0.3 is 4.42 Å². The summed E-state index contributed by atoms with van der Waals surface area (Å²) in [6, 6.07) is 15.2. The number of thiazole rings is 1. The Bertz CT molecular complexity index is 1200. The minimum absolute atomic E-state index is 0.0246. The highest BCUT2D eigenvalue weighted by Crippen LogP contribution is 2.26. The van der Waals surface area contributed by atoms with Crippen molar-refractivity contribution < 1.29 is 18.5 Å². The maximum atomic E-state index is 13.0. The van der Waals surface area contributed by atoms with Gasteiger partial charge in [0.15, 0.2) is 10.9 Å². The number of carbonyl (C=O) groups excluding carboxylic acids is 1. The number of aromatic nitrogens is 1. The van der Waals surface area contributed by atoms with Crippen LogP contribution in [0.15, 0.2) is 71.3 Å². The van der Waals surface area contributed by atoms with Gasteiger partial charge in [-0.3, -0.25) is 20.2 Å². The van der Waals surface area contributed by atoms with Crippen LogP contribution in [0.5, 0.6) is 0 Å². The largest absolute Gasteiger partial charge is 0.451 e. The molecule has 7 nitrogen and oxygen atoms in total. The number of nitro groups is 1. The second kappa shape index (κ2) is 8.26. The number of rotatable bonds is 6. The summed E-state index contributed by atoms with van der Waals surface area (Å²) in [5.74, 6) is -0.224. The van der Waals surface area contributed by atoms with Crippen molar-refractivity contribution in [2.45, 2.75) is 6.42 Å². The van der Waals surface area contributed by atoms with Crippen LogP contribution in [0.3, 0.4) is 0 Å². The van der Waals surface area contributed by atoms with Gasteiger partial charge in [0.25, 0.3) is 11.6 Å². The highest BCUT2D eigenvalue weighted by molar-refractivity contribution is 7.15. The van der Waals surface area contributed by atoms with Gasteiger partial charge in [-0.25, -0.2) is 9.37 Å². The minimum Gasteiger partial charge on any atom is -0.451 e. The zero-order valence-corrected chi connectivity index (χ0v) is 16.2. The Morgan fingerprint density at radius 3 is 2.53 bits per heavy atom. The fourth-order valence-corrected chi connectivity index (χ4v) is 3.61. The number of nitrogens with one attached hydrogen (secondary N) is 1. The van der Waals surface area contributed by atoms with Gasteiger partial charge in [-0.05, 0) is 42.0 Å². The van der Waals surface area contributed by atoms with E-state index in [-0.39, 0.29) is 17.3 Å². The summed E-state index contributed by atoms with van der Waals surface area (Å²) in [5.41, 5.74) is 1.54. The van der Waals surface area contributed by atoms with E-state index in [1.807, 2.05) is 0 Å². The quantitative estimate of drug-likeness (QED) is 0.335. The number of hydrogen-bond donors (Lipinski definition) is 1. The Balaban J connectivity index is 1.41. The van der Waals surface area contributed by atoms with Gasteiger partial charge in [0, 0.05) is 35.2 Å². The zero-order chi connectivity index (χ0) is 21.1. The molecule has 0 aliphatic carbocycles. The van der Waals surface area contributed by atoms with Crippen molar-refractivity contribution >= 4 is 28.1 Å². The van der Waals surface area contributed by atoms with Crippen LogP contribution in [0.1, 0.15) is 21.0 Å². The van der Waals surface area contributed by atoms with Crippen molar-refractivity contribution in [3.8, 4) is 11.3 Å². The molecule has 4 rings (SSSR count). The molecule has 0 aliphatic rings. The van der Waals surface area contributed by atoms with E-state index in [0.717, 1.165) is 10.4 Å². The predicted molar refractivity (Wildman–Crippen MR) is 110 cm³/mol. The van der Waals surface area contributed by atoms with E-state index < -0.39 is 10.8 Å². The number of benzene rings is 2. The van der Waals surface area contributed by atoms with Crippen molar-refractivity contribution in [2.75, 3.05) is 5.32 Å². The lowest BCUT2D eigenvalue weighted by Crippen LogP contribution is -2.10. The second-order valence-corrected chi connectivity index (χ2v) is 7.47. The van der Waals surface area contributed by atoms with Crippen molar-refractivity contribution in [2.24, 2.45) is 0 Å². The number of halogens is 1. The third-order valence-electron chi connectivity index (χ3n) is 4.26. The average Bonchev–Trinajstić information content (AvgIpc) is 3.40. The SMILES string of the molecule is O=C(Nc1ncc(Cc2ccc(F)cc2)s1)c1ccc(-c2ccc([N+](=O)[O-])cc2)o1. The minimum atomic E-state index is -0.483. The van der Waals surface area contributed by atoms with E-state index in [1.54, 1.807) is 36.5 Å². The van der Waals surface area contributed by atoms with Crippen LogP contribution in [0.4, 0.5) is 15.2 Å². The van der Waals surface area contributed by atoms with Crippen molar-refractivity contribution in [1.29, 1.82) is 0 Å². The number of nitro benzene ring substituents is 1. The van der Waals surface area contributed by atoms with Crippen LogP contribution in [0, 0.1) is 15.9 Å². The Hall–Kier alpha value is -3.85. The van der Waals surface area contributed by atoms with Crippen molar-refractivity contribution in [3.05, 3.63) is 99.0 Å². The summed E-state index contributed by atoms with van der Waals surface area (Å²) in [5, 5.41) is 13.9. The summed E-state index contributed by atoms with van der Waals surface area (Å²) in [4.78, 5) is 27.8. The van der Waals surface area contributed by atoms with Crippen molar-refractivity contribution in [3.63, 3.8) is 0 Å². The molecular weight excluding hydrogens is 409 g/mol. The fourth-order valence-electron chi connectivity index (χ4n) is 2.77. The Kier molecular flexibility index (Phi) is 5.36. The molecule has 0 unspecified atom stereocenters. The summed E-state index contributed by atoms with van der Waals surface area (Å²) >= 11 is 1.32. The number of anilines is 1. The highest BCUT2D eigenvalue weighted by atomic mass is 32.1. The van der Waals surface area contributed by atoms with E-state index in [0.29, 0.717) is 22.9 Å². The van der Waals surface area contributed by atoms with E-state index in [1.165, 1.54) is 41.7 Å². The first-order valence-electron chi connectivity index (χ1n) is 8.83. The normalized spacial score (nSPS) is 10.7. The van der Waals surface area contributed by atoms with Crippen LogP contribution in [-0.2, 0) is 6.42 Å². The lowest BCUT2D eigenvalue weighted by atomic mass is 10.1. The molecule has 0 bridgehead atoms. The molecule has 1 amide bonds. The molecule has 0 radical (unpaired) electrons. The summed E-state index contributed by atoms with van der Waals surface area (Å²) in [6.45, 7) is 0. The fraction of sp³-hybridized carbons (Fsp3) is 0.0476. The number of hydrogen-bond acceptors (Lipinski definition) is 6. The maximum absolute atomic E-state index is 13.0. The van der Waals surface area contributed by atoms with Crippen LogP contribution >= 0.6 is 11.3 Å². The Labute approximate surface area is 174 Å². The van der Waals surface area contributed by atoms with Crippen LogP contribution in [0.2, 0.25) is 0 Å². The number of furan rings is 1. The predicted octanol–water partition coefficient (Wildman–Crippen LogP) is 5.29. The molecule has 0 atom stereocenters. The Morgan fingerprint density at radius 2 is 1.83 bits per heavy atom. The molecule has 2 aromatic heterocycles. The standard InChI is InChI=1S/C21H14FN3O4S/c22-15-5-1-13(2-6-15)11-17-12-23-21(30-17)24-20(26)19-10-9-18(29-19)14-3-7-16(8-4-14)25(27)28/h1-10,12H,11H2,(H,23,24,26). The summed E-state index contributed by atoms with van der Waals surface area (Å²) in [7, 11) is 0. The Morgan fingerprint density at radius 1 is 1.10 bits per heavy atom. The summed E-state index contributed by atoms with van der Waals surface area (Å²) in [6.07, 6.45) is 2.24. The molecule has 9 heteroatoms. The van der Waals surface area contributed by atoms with Gasteiger partial charge in [0.05, 0.1) is 4.92 Å². The number of carbonyl (C=O) groups is 1. The molecule has 2 heterocycles. The third-order valence-corrected chi connectivity index (χ3v) is 5.17.